The van der Waals surface area contributed by atoms with Crippen LogP contribution in [0, 0.1) is 13.8 Å². The van der Waals surface area contributed by atoms with E-state index in [0.29, 0.717) is 23.5 Å². The Bertz CT molecular complexity index is 573. The van der Waals surface area contributed by atoms with Crippen LogP contribution in [0.15, 0.2) is 17.0 Å². The van der Waals surface area contributed by atoms with E-state index in [9.17, 15) is 13.5 Å². The third kappa shape index (κ3) is 3.05. The molecular weight excluding hydrogens is 274 g/mol. The molecule has 4 nitrogen and oxygen atoms in total. The van der Waals surface area contributed by atoms with Gasteiger partial charge in [0.25, 0.3) is 0 Å². The van der Waals surface area contributed by atoms with E-state index in [4.69, 9.17) is 0 Å². The summed E-state index contributed by atoms with van der Waals surface area (Å²) < 4.78 is 27.2. The second-order valence-corrected chi connectivity index (χ2v) is 7.43. The quantitative estimate of drug-likeness (QED) is 0.932. The van der Waals surface area contributed by atoms with Crippen molar-refractivity contribution < 1.29 is 13.5 Å². The average Bonchev–Trinajstić information content (AvgIpc) is 2.67. The fourth-order valence-electron chi connectivity index (χ4n) is 2.74. The van der Waals surface area contributed by atoms with Gasteiger partial charge in [0.05, 0.1) is 11.5 Å². The molecule has 0 bridgehead atoms. The summed E-state index contributed by atoms with van der Waals surface area (Å²) in [5.41, 5.74) is 2.37. The lowest BCUT2D eigenvalue weighted by Crippen LogP contribution is -2.32. The summed E-state index contributed by atoms with van der Waals surface area (Å²) in [6, 6.07) is 3.47. The van der Waals surface area contributed by atoms with Crippen LogP contribution in [0.1, 0.15) is 42.4 Å². The van der Waals surface area contributed by atoms with E-state index in [1.165, 1.54) is 0 Å². The van der Waals surface area contributed by atoms with Crippen LogP contribution in [0.5, 0.6) is 0 Å². The summed E-state index contributed by atoms with van der Waals surface area (Å²) in [6.07, 6.45) is 4.05. The van der Waals surface area contributed by atoms with Crippen LogP contribution >= 0.6 is 0 Å². The van der Waals surface area contributed by atoms with Gasteiger partial charge in [-0.15, -0.1) is 0 Å². The number of benzene rings is 1. The first-order chi connectivity index (χ1) is 9.46. The van der Waals surface area contributed by atoms with Crippen LogP contribution < -0.4 is 0 Å². The van der Waals surface area contributed by atoms with Crippen LogP contribution in [0.3, 0.4) is 0 Å². The highest BCUT2D eigenvalue weighted by Crippen LogP contribution is 2.25. The number of hydrogen-bond acceptors (Lipinski definition) is 3. The van der Waals surface area contributed by atoms with E-state index in [1.54, 1.807) is 10.4 Å². The molecular formula is C15H23NO3S. The Labute approximate surface area is 121 Å². The SMILES string of the molecule is Cc1cc(C)c(S(=O)(=O)N2CCCCCC2)cc1CO. The summed E-state index contributed by atoms with van der Waals surface area (Å²) in [7, 11) is -3.44. The van der Waals surface area contributed by atoms with E-state index in [0.717, 1.165) is 36.8 Å². The molecule has 1 aliphatic heterocycles. The van der Waals surface area contributed by atoms with Gasteiger partial charge in [0.15, 0.2) is 0 Å². The maximum absolute atomic E-state index is 12.8. The monoisotopic (exact) mass is 297 g/mol. The van der Waals surface area contributed by atoms with Gasteiger partial charge in [-0.25, -0.2) is 8.42 Å². The molecule has 1 N–H and O–H groups in total. The fourth-order valence-corrected chi connectivity index (χ4v) is 4.52. The maximum atomic E-state index is 12.8. The molecule has 0 amide bonds. The number of aliphatic hydroxyl groups is 1. The lowest BCUT2D eigenvalue weighted by Gasteiger charge is -2.22. The number of hydrogen-bond donors (Lipinski definition) is 1. The number of aryl methyl sites for hydroxylation is 2. The molecule has 20 heavy (non-hydrogen) atoms. The number of nitrogens with zero attached hydrogens (tertiary/aromatic N) is 1. The van der Waals surface area contributed by atoms with Gasteiger partial charge in [-0.3, -0.25) is 0 Å². The summed E-state index contributed by atoms with van der Waals surface area (Å²) in [4.78, 5) is 0.342. The van der Waals surface area contributed by atoms with Crippen LogP contribution in [0.2, 0.25) is 0 Å². The van der Waals surface area contributed by atoms with Gasteiger partial charge in [0.2, 0.25) is 10.0 Å². The van der Waals surface area contributed by atoms with Crippen molar-refractivity contribution in [3.63, 3.8) is 0 Å². The zero-order valence-corrected chi connectivity index (χ0v) is 13.0. The van der Waals surface area contributed by atoms with Crippen molar-refractivity contribution in [2.24, 2.45) is 0 Å². The maximum Gasteiger partial charge on any atom is 0.243 e. The minimum Gasteiger partial charge on any atom is -0.392 e. The van der Waals surface area contributed by atoms with Gasteiger partial charge in [0.1, 0.15) is 0 Å². The summed E-state index contributed by atoms with van der Waals surface area (Å²) in [6.45, 7) is 4.78. The standard InChI is InChI=1S/C15H23NO3S/c1-12-9-13(2)15(10-14(12)11-17)20(18,19)16-7-5-3-4-6-8-16/h9-10,17H,3-8,11H2,1-2H3. The van der Waals surface area contributed by atoms with Crippen LogP contribution in [-0.2, 0) is 16.6 Å². The molecule has 0 atom stereocenters. The molecule has 0 saturated carbocycles. The Morgan fingerprint density at radius 2 is 1.65 bits per heavy atom. The summed E-state index contributed by atoms with van der Waals surface area (Å²) in [5, 5.41) is 9.35. The van der Waals surface area contributed by atoms with Crippen molar-refractivity contribution in [2.75, 3.05) is 13.1 Å². The van der Waals surface area contributed by atoms with E-state index >= 15 is 0 Å². The summed E-state index contributed by atoms with van der Waals surface area (Å²) in [5.74, 6) is 0. The van der Waals surface area contributed by atoms with Crippen molar-refractivity contribution in [3.05, 3.63) is 28.8 Å². The predicted molar refractivity (Wildman–Crippen MR) is 79.1 cm³/mol. The molecule has 1 saturated heterocycles. The Kier molecular flexibility index (Phi) is 4.83. The van der Waals surface area contributed by atoms with Crippen LogP contribution in [0.4, 0.5) is 0 Å². The third-order valence-electron chi connectivity index (χ3n) is 3.99. The summed E-state index contributed by atoms with van der Waals surface area (Å²) >= 11 is 0. The second kappa shape index (κ2) is 6.24. The molecule has 2 rings (SSSR count). The number of aliphatic hydroxyl groups excluding tert-OH is 1. The molecule has 0 aliphatic carbocycles. The van der Waals surface area contributed by atoms with Crippen LogP contribution in [0.25, 0.3) is 0 Å². The molecule has 1 fully saturated rings. The van der Waals surface area contributed by atoms with Crippen molar-refractivity contribution in [2.45, 2.75) is 51.0 Å². The predicted octanol–water partition coefficient (Wildman–Crippen LogP) is 2.36. The van der Waals surface area contributed by atoms with E-state index in [2.05, 4.69) is 0 Å². The van der Waals surface area contributed by atoms with Crippen molar-refractivity contribution in [1.82, 2.24) is 4.31 Å². The lowest BCUT2D eigenvalue weighted by atomic mass is 10.1. The van der Waals surface area contributed by atoms with Gasteiger partial charge in [-0.2, -0.15) is 4.31 Å². The van der Waals surface area contributed by atoms with Crippen LogP contribution in [-0.4, -0.2) is 30.9 Å². The first kappa shape index (κ1) is 15.5. The first-order valence-electron chi connectivity index (χ1n) is 7.18. The minimum atomic E-state index is -3.44. The zero-order chi connectivity index (χ0) is 14.8. The molecule has 112 valence electrons. The molecule has 1 aliphatic rings. The van der Waals surface area contributed by atoms with Crippen molar-refractivity contribution in [1.29, 1.82) is 0 Å². The Hall–Kier alpha value is -0.910. The number of rotatable bonds is 3. The van der Waals surface area contributed by atoms with Gasteiger partial charge >= 0.3 is 0 Å². The molecule has 0 aromatic heterocycles. The molecule has 0 radical (unpaired) electrons. The molecule has 5 heteroatoms. The highest BCUT2D eigenvalue weighted by atomic mass is 32.2. The topological polar surface area (TPSA) is 57.6 Å². The Morgan fingerprint density at radius 3 is 2.20 bits per heavy atom. The molecule has 0 spiro atoms. The molecule has 1 aromatic carbocycles. The zero-order valence-electron chi connectivity index (χ0n) is 12.2. The highest BCUT2D eigenvalue weighted by molar-refractivity contribution is 7.89. The number of sulfonamides is 1. The van der Waals surface area contributed by atoms with Crippen molar-refractivity contribution >= 4 is 10.0 Å². The molecule has 1 aromatic rings. The van der Waals surface area contributed by atoms with E-state index < -0.39 is 10.0 Å². The van der Waals surface area contributed by atoms with Gasteiger partial charge in [0, 0.05) is 13.1 Å². The van der Waals surface area contributed by atoms with Gasteiger partial charge in [-0.1, -0.05) is 18.9 Å². The molecule has 0 unspecified atom stereocenters. The minimum absolute atomic E-state index is 0.130. The Balaban J connectivity index is 2.42. The third-order valence-corrected chi connectivity index (χ3v) is 6.03. The fraction of sp³-hybridized carbons (Fsp3) is 0.600. The smallest absolute Gasteiger partial charge is 0.243 e. The molecule has 1 heterocycles. The van der Waals surface area contributed by atoms with Gasteiger partial charge < -0.3 is 5.11 Å². The second-order valence-electron chi connectivity index (χ2n) is 5.52. The largest absolute Gasteiger partial charge is 0.392 e. The van der Waals surface area contributed by atoms with Gasteiger partial charge in [-0.05, 0) is 49.4 Å². The van der Waals surface area contributed by atoms with Crippen molar-refractivity contribution in [3.8, 4) is 0 Å². The highest BCUT2D eigenvalue weighted by Gasteiger charge is 2.27. The van der Waals surface area contributed by atoms with E-state index in [1.807, 2.05) is 19.9 Å². The Morgan fingerprint density at radius 1 is 1.05 bits per heavy atom. The normalized spacial score (nSPS) is 17.9. The average molecular weight is 297 g/mol. The van der Waals surface area contributed by atoms with E-state index in [-0.39, 0.29) is 6.61 Å². The first-order valence-corrected chi connectivity index (χ1v) is 8.62. The lowest BCUT2D eigenvalue weighted by molar-refractivity contribution is 0.280.